The van der Waals surface area contributed by atoms with Gasteiger partial charge < -0.3 is 10.6 Å². The molecule has 1 saturated heterocycles. The zero-order chi connectivity index (χ0) is 7.56. The summed E-state index contributed by atoms with van der Waals surface area (Å²) in [6.07, 6.45) is 1.49. The topological polar surface area (TPSA) is 46.3 Å². The highest BCUT2D eigenvalue weighted by Gasteiger charge is 2.20. The van der Waals surface area contributed by atoms with Gasteiger partial charge in [0.1, 0.15) is 0 Å². The number of amides is 1. The van der Waals surface area contributed by atoms with Crippen molar-refractivity contribution in [1.82, 2.24) is 4.90 Å². The first-order chi connectivity index (χ1) is 4.74. The third-order valence-corrected chi connectivity index (χ3v) is 1.92. The van der Waals surface area contributed by atoms with E-state index in [2.05, 4.69) is 0 Å². The number of carbonyl (C=O) groups is 1. The Balaban J connectivity index is 2.45. The Morgan fingerprint density at radius 2 is 2.50 bits per heavy atom. The standard InChI is InChI=1S/C7H14N2O/c1-2-9-5-6(8)3-4-7(9)10/h6H,2-5,8H2,1H3/t6-/m1/s1. The maximum absolute atomic E-state index is 11.0. The lowest BCUT2D eigenvalue weighted by atomic mass is 10.1. The summed E-state index contributed by atoms with van der Waals surface area (Å²) in [5.41, 5.74) is 5.67. The fourth-order valence-electron chi connectivity index (χ4n) is 1.25. The first-order valence-electron chi connectivity index (χ1n) is 3.77. The number of hydrogen-bond acceptors (Lipinski definition) is 2. The van der Waals surface area contributed by atoms with Gasteiger partial charge in [-0.05, 0) is 13.3 Å². The summed E-state index contributed by atoms with van der Waals surface area (Å²) in [5.74, 6) is 0.254. The van der Waals surface area contributed by atoms with E-state index in [9.17, 15) is 4.79 Å². The van der Waals surface area contributed by atoms with Gasteiger partial charge in [-0.25, -0.2) is 0 Å². The first kappa shape index (κ1) is 7.54. The average molecular weight is 142 g/mol. The summed E-state index contributed by atoms with van der Waals surface area (Å²) in [4.78, 5) is 12.9. The third kappa shape index (κ3) is 1.48. The summed E-state index contributed by atoms with van der Waals surface area (Å²) < 4.78 is 0. The van der Waals surface area contributed by atoms with Gasteiger partial charge in [0.05, 0.1) is 0 Å². The van der Waals surface area contributed by atoms with Crippen LogP contribution >= 0.6 is 0 Å². The zero-order valence-electron chi connectivity index (χ0n) is 6.34. The largest absolute Gasteiger partial charge is 0.341 e. The van der Waals surface area contributed by atoms with E-state index in [1.165, 1.54) is 0 Å². The van der Waals surface area contributed by atoms with Crippen molar-refractivity contribution in [3.8, 4) is 0 Å². The molecule has 1 aliphatic heterocycles. The quantitative estimate of drug-likeness (QED) is 0.558. The molecule has 1 amide bonds. The lowest BCUT2D eigenvalue weighted by Crippen LogP contribution is -2.45. The molecule has 0 saturated carbocycles. The van der Waals surface area contributed by atoms with E-state index in [0.29, 0.717) is 6.42 Å². The van der Waals surface area contributed by atoms with Gasteiger partial charge in [-0.15, -0.1) is 0 Å². The number of carbonyl (C=O) groups excluding carboxylic acids is 1. The van der Waals surface area contributed by atoms with E-state index >= 15 is 0 Å². The van der Waals surface area contributed by atoms with E-state index in [0.717, 1.165) is 19.5 Å². The van der Waals surface area contributed by atoms with E-state index in [1.807, 2.05) is 11.8 Å². The van der Waals surface area contributed by atoms with Crippen LogP contribution in [-0.4, -0.2) is 29.9 Å². The Morgan fingerprint density at radius 1 is 1.80 bits per heavy atom. The Morgan fingerprint density at radius 3 is 3.00 bits per heavy atom. The number of nitrogens with two attached hydrogens (primary N) is 1. The molecule has 58 valence electrons. The van der Waals surface area contributed by atoms with Gasteiger partial charge in [0.2, 0.25) is 5.91 Å². The molecule has 10 heavy (non-hydrogen) atoms. The van der Waals surface area contributed by atoms with Crippen molar-refractivity contribution in [3.05, 3.63) is 0 Å². The second-order valence-corrected chi connectivity index (χ2v) is 2.73. The van der Waals surface area contributed by atoms with Gasteiger partial charge in [0.25, 0.3) is 0 Å². The van der Waals surface area contributed by atoms with E-state index in [-0.39, 0.29) is 11.9 Å². The number of likely N-dealkylation sites (tertiary alicyclic amines) is 1. The molecule has 1 fully saturated rings. The highest BCUT2D eigenvalue weighted by atomic mass is 16.2. The number of hydrogen-bond donors (Lipinski definition) is 1. The molecule has 1 aliphatic rings. The summed E-state index contributed by atoms with van der Waals surface area (Å²) in [5, 5.41) is 0. The van der Waals surface area contributed by atoms with Crippen LogP contribution in [0.2, 0.25) is 0 Å². The third-order valence-electron chi connectivity index (χ3n) is 1.92. The predicted octanol–water partition coefficient (Wildman–Crippen LogP) is -0.0440. The van der Waals surface area contributed by atoms with Crippen molar-refractivity contribution in [2.75, 3.05) is 13.1 Å². The van der Waals surface area contributed by atoms with Gasteiger partial charge in [-0.2, -0.15) is 0 Å². The van der Waals surface area contributed by atoms with Crippen LogP contribution in [0.4, 0.5) is 0 Å². The lowest BCUT2D eigenvalue weighted by Gasteiger charge is -2.29. The van der Waals surface area contributed by atoms with Crippen LogP contribution in [0.15, 0.2) is 0 Å². The molecule has 0 aromatic heterocycles. The smallest absolute Gasteiger partial charge is 0.222 e. The molecule has 1 rings (SSSR count). The molecule has 0 radical (unpaired) electrons. The van der Waals surface area contributed by atoms with Crippen molar-refractivity contribution in [2.45, 2.75) is 25.8 Å². The molecule has 0 unspecified atom stereocenters. The Kier molecular flexibility index (Phi) is 2.27. The second-order valence-electron chi connectivity index (χ2n) is 2.73. The molecule has 1 heterocycles. The molecule has 1 atom stereocenters. The van der Waals surface area contributed by atoms with Crippen LogP contribution < -0.4 is 5.73 Å². The molecule has 2 N–H and O–H groups in total. The fourth-order valence-corrected chi connectivity index (χ4v) is 1.25. The number of piperidine rings is 1. The van der Waals surface area contributed by atoms with Crippen LogP contribution in [0.25, 0.3) is 0 Å². The van der Waals surface area contributed by atoms with Gasteiger partial charge in [0.15, 0.2) is 0 Å². The van der Waals surface area contributed by atoms with Crippen molar-refractivity contribution < 1.29 is 4.79 Å². The van der Waals surface area contributed by atoms with E-state index in [4.69, 9.17) is 5.73 Å². The predicted molar refractivity (Wildman–Crippen MR) is 39.5 cm³/mol. The number of likely N-dealkylation sites (N-methyl/N-ethyl adjacent to an activating group) is 1. The normalized spacial score (nSPS) is 27.2. The molecule has 0 spiro atoms. The summed E-state index contributed by atoms with van der Waals surface area (Å²) >= 11 is 0. The monoisotopic (exact) mass is 142 g/mol. The van der Waals surface area contributed by atoms with Gasteiger partial charge >= 0.3 is 0 Å². The molecule has 3 heteroatoms. The number of rotatable bonds is 1. The van der Waals surface area contributed by atoms with Crippen molar-refractivity contribution in [1.29, 1.82) is 0 Å². The van der Waals surface area contributed by atoms with Crippen LogP contribution in [0.1, 0.15) is 19.8 Å². The minimum atomic E-state index is 0.206. The molecule has 0 bridgehead atoms. The summed E-state index contributed by atoms with van der Waals surface area (Å²) in [7, 11) is 0. The lowest BCUT2D eigenvalue weighted by molar-refractivity contribution is -0.133. The first-order valence-corrected chi connectivity index (χ1v) is 3.77. The maximum atomic E-state index is 11.0. The van der Waals surface area contributed by atoms with Crippen molar-refractivity contribution >= 4 is 5.91 Å². The Labute approximate surface area is 61.2 Å². The molecule has 0 aromatic carbocycles. The zero-order valence-corrected chi connectivity index (χ0v) is 6.34. The fraction of sp³-hybridized carbons (Fsp3) is 0.857. The molecule has 0 aromatic rings. The van der Waals surface area contributed by atoms with E-state index < -0.39 is 0 Å². The molecule has 0 aliphatic carbocycles. The van der Waals surface area contributed by atoms with Crippen molar-refractivity contribution in [3.63, 3.8) is 0 Å². The van der Waals surface area contributed by atoms with Gasteiger partial charge in [-0.1, -0.05) is 0 Å². The Hall–Kier alpha value is -0.570. The molecular formula is C7H14N2O. The minimum Gasteiger partial charge on any atom is -0.341 e. The average Bonchev–Trinajstić information content (AvgIpc) is 1.94. The van der Waals surface area contributed by atoms with Crippen LogP contribution in [-0.2, 0) is 4.79 Å². The maximum Gasteiger partial charge on any atom is 0.222 e. The molecular weight excluding hydrogens is 128 g/mol. The van der Waals surface area contributed by atoms with Crippen LogP contribution in [0.5, 0.6) is 0 Å². The highest BCUT2D eigenvalue weighted by Crippen LogP contribution is 2.08. The number of nitrogens with zero attached hydrogens (tertiary/aromatic N) is 1. The summed E-state index contributed by atoms with van der Waals surface area (Å²) in [6.45, 7) is 3.53. The SMILES string of the molecule is CCN1C[C@H](N)CCC1=O. The second kappa shape index (κ2) is 3.01. The van der Waals surface area contributed by atoms with Crippen molar-refractivity contribution in [2.24, 2.45) is 5.73 Å². The highest BCUT2D eigenvalue weighted by molar-refractivity contribution is 5.77. The molecule has 3 nitrogen and oxygen atoms in total. The van der Waals surface area contributed by atoms with Crippen LogP contribution in [0.3, 0.4) is 0 Å². The minimum absolute atomic E-state index is 0.206. The van der Waals surface area contributed by atoms with Crippen LogP contribution in [0, 0.1) is 0 Å². The Bertz CT molecular complexity index is 136. The summed E-state index contributed by atoms with van der Waals surface area (Å²) in [6, 6.07) is 0.206. The van der Waals surface area contributed by atoms with E-state index in [1.54, 1.807) is 0 Å². The van der Waals surface area contributed by atoms with Gasteiger partial charge in [-0.3, -0.25) is 4.79 Å². The van der Waals surface area contributed by atoms with Gasteiger partial charge in [0, 0.05) is 25.6 Å².